The second-order valence-corrected chi connectivity index (χ2v) is 8.28. The Labute approximate surface area is 154 Å². The van der Waals surface area contributed by atoms with Crippen LogP contribution < -0.4 is 9.62 Å². The molecule has 1 N–H and O–H groups in total. The van der Waals surface area contributed by atoms with Crippen molar-refractivity contribution in [3.8, 4) is 0 Å². The van der Waals surface area contributed by atoms with Crippen molar-refractivity contribution in [3.05, 3.63) is 57.8 Å². The molecule has 1 aliphatic rings. The zero-order valence-electron chi connectivity index (χ0n) is 12.8. The van der Waals surface area contributed by atoms with E-state index in [0.29, 0.717) is 18.7 Å². The quantitative estimate of drug-likeness (QED) is 0.845. The predicted molar refractivity (Wildman–Crippen MR) is 96.6 cm³/mol. The lowest BCUT2D eigenvalue weighted by Crippen LogP contribution is -2.25. The summed E-state index contributed by atoms with van der Waals surface area (Å²) in [5.41, 5.74) is 0.363. The van der Waals surface area contributed by atoms with Gasteiger partial charge in [0, 0.05) is 6.54 Å². The van der Waals surface area contributed by atoms with Crippen molar-refractivity contribution in [1.82, 2.24) is 0 Å². The van der Waals surface area contributed by atoms with Gasteiger partial charge in [0.25, 0.3) is 5.91 Å². The van der Waals surface area contributed by atoms with Gasteiger partial charge in [-0.2, -0.15) is 0 Å². The normalized spacial score (nSPS) is 16.0. The maximum atomic E-state index is 13.8. The molecule has 132 valence electrons. The molecular formula is C16H13Cl2FN2O3S. The first-order valence-corrected chi connectivity index (χ1v) is 9.71. The van der Waals surface area contributed by atoms with Crippen LogP contribution in [0, 0.1) is 5.82 Å². The molecule has 0 aliphatic carbocycles. The fourth-order valence-electron chi connectivity index (χ4n) is 2.59. The van der Waals surface area contributed by atoms with Gasteiger partial charge >= 0.3 is 0 Å². The van der Waals surface area contributed by atoms with Crippen LogP contribution in [0.4, 0.5) is 15.8 Å². The first-order chi connectivity index (χ1) is 11.8. The molecule has 25 heavy (non-hydrogen) atoms. The number of sulfonamides is 1. The number of amides is 1. The minimum Gasteiger partial charge on any atom is -0.320 e. The summed E-state index contributed by atoms with van der Waals surface area (Å²) < 4.78 is 39.0. The highest BCUT2D eigenvalue weighted by molar-refractivity contribution is 7.93. The molecule has 1 heterocycles. The van der Waals surface area contributed by atoms with E-state index in [-0.39, 0.29) is 27.0 Å². The molecule has 0 aromatic heterocycles. The largest absolute Gasteiger partial charge is 0.320 e. The van der Waals surface area contributed by atoms with Crippen molar-refractivity contribution in [2.75, 3.05) is 21.9 Å². The number of carbonyl (C=O) groups is 1. The van der Waals surface area contributed by atoms with Gasteiger partial charge in [0.2, 0.25) is 10.0 Å². The minimum atomic E-state index is -3.33. The summed E-state index contributed by atoms with van der Waals surface area (Å²) in [6, 6.07) is 8.38. The van der Waals surface area contributed by atoms with E-state index < -0.39 is 21.7 Å². The molecular weight excluding hydrogens is 390 g/mol. The van der Waals surface area contributed by atoms with E-state index in [1.54, 1.807) is 0 Å². The number of halogens is 3. The zero-order chi connectivity index (χ0) is 18.2. The van der Waals surface area contributed by atoms with E-state index in [9.17, 15) is 17.6 Å². The highest BCUT2D eigenvalue weighted by Crippen LogP contribution is 2.32. The summed E-state index contributed by atoms with van der Waals surface area (Å²) in [5, 5.41) is 2.60. The van der Waals surface area contributed by atoms with Crippen LogP contribution in [0.15, 0.2) is 36.4 Å². The van der Waals surface area contributed by atoms with Gasteiger partial charge in [0.1, 0.15) is 5.82 Å². The zero-order valence-corrected chi connectivity index (χ0v) is 15.1. The molecule has 1 aliphatic heterocycles. The molecule has 0 radical (unpaired) electrons. The van der Waals surface area contributed by atoms with E-state index in [1.165, 1.54) is 34.6 Å². The van der Waals surface area contributed by atoms with Crippen LogP contribution in [0.25, 0.3) is 0 Å². The van der Waals surface area contributed by atoms with Crippen LogP contribution in [0.2, 0.25) is 10.0 Å². The van der Waals surface area contributed by atoms with Crippen molar-refractivity contribution < 1.29 is 17.6 Å². The molecule has 0 spiro atoms. The van der Waals surface area contributed by atoms with Crippen molar-refractivity contribution in [2.45, 2.75) is 6.42 Å². The van der Waals surface area contributed by atoms with Gasteiger partial charge in [0.15, 0.2) is 0 Å². The fraction of sp³-hybridized carbons (Fsp3) is 0.188. The number of anilines is 2. The van der Waals surface area contributed by atoms with Crippen LogP contribution in [-0.4, -0.2) is 26.6 Å². The van der Waals surface area contributed by atoms with Crippen LogP contribution in [0.1, 0.15) is 16.8 Å². The average molecular weight is 403 g/mol. The molecule has 1 saturated heterocycles. The standard InChI is InChI=1S/C16H13Cl2FN2O3S/c17-11-3-1-4-13(19)15(11)16(22)20-14-6-5-10(9-12(14)18)21-7-2-8-25(21,23)24/h1,3-6,9H,2,7-8H2,(H,20,22). The van der Waals surface area contributed by atoms with Gasteiger partial charge in [-0.25, -0.2) is 12.8 Å². The first kappa shape index (κ1) is 18.0. The number of hydrogen-bond donors (Lipinski definition) is 1. The number of hydrogen-bond acceptors (Lipinski definition) is 3. The lowest BCUT2D eigenvalue weighted by atomic mass is 10.2. The van der Waals surface area contributed by atoms with E-state index in [0.717, 1.165) is 6.07 Å². The summed E-state index contributed by atoms with van der Waals surface area (Å²) in [7, 11) is -3.33. The van der Waals surface area contributed by atoms with Crippen molar-refractivity contribution in [2.24, 2.45) is 0 Å². The summed E-state index contributed by atoms with van der Waals surface area (Å²) in [6.07, 6.45) is 0.546. The van der Waals surface area contributed by atoms with Crippen molar-refractivity contribution >= 4 is 50.5 Å². The molecule has 0 bridgehead atoms. The Balaban J connectivity index is 1.86. The maximum absolute atomic E-state index is 13.8. The molecule has 5 nitrogen and oxygen atoms in total. The number of rotatable bonds is 3. The lowest BCUT2D eigenvalue weighted by Gasteiger charge is -2.18. The number of benzene rings is 2. The Hall–Kier alpha value is -1.83. The number of nitrogens with zero attached hydrogens (tertiary/aromatic N) is 1. The Morgan fingerprint density at radius 3 is 2.52 bits per heavy atom. The average Bonchev–Trinajstić information content (AvgIpc) is 2.88. The second-order valence-electron chi connectivity index (χ2n) is 5.46. The maximum Gasteiger partial charge on any atom is 0.260 e. The van der Waals surface area contributed by atoms with E-state index in [1.807, 2.05) is 0 Å². The Morgan fingerprint density at radius 1 is 1.16 bits per heavy atom. The monoisotopic (exact) mass is 402 g/mol. The first-order valence-electron chi connectivity index (χ1n) is 7.35. The SMILES string of the molecule is O=C(Nc1ccc(N2CCCS2(=O)=O)cc1Cl)c1c(F)cccc1Cl. The van der Waals surface area contributed by atoms with Crippen LogP contribution in [0.5, 0.6) is 0 Å². The summed E-state index contributed by atoms with van der Waals surface area (Å²) in [5.74, 6) is -1.40. The third-order valence-electron chi connectivity index (χ3n) is 3.78. The van der Waals surface area contributed by atoms with Gasteiger partial charge in [-0.3, -0.25) is 9.10 Å². The third kappa shape index (κ3) is 3.58. The van der Waals surface area contributed by atoms with E-state index >= 15 is 0 Å². The molecule has 9 heteroatoms. The van der Waals surface area contributed by atoms with E-state index in [2.05, 4.69) is 5.32 Å². The third-order valence-corrected chi connectivity index (χ3v) is 6.28. The molecule has 3 rings (SSSR count). The second kappa shape index (κ2) is 6.82. The molecule has 1 amide bonds. The van der Waals surface area contributed by atoms with Crippen LogP contribution in [-0.2, 0) is 10.0 Å². The fourth-order valence-corrected chi connectivity index (χ4v) is 4.62. The number of carbonyl (C=O) groups excluding carboxylic acids is 1. The van der Waals surface area contributed by atoms with Crippen LogP contribution in [0.3, 0.4) is 0 Å². The molecule has 2 aromatic rings. The summed E-state index contributed by atoms with van der Waals surface area (Å²) in [4.78, 5) is 12.3. The smallest absolute Gasteiger partial charge is 0.260 e. The van der Waals surface area contributed by atoms with Crippen molar-refractivity contribution in [3.63, 3.8) is 0 Å². The minimum absolute atomic E-state index is 0.0200. The topological polar surface area (TPSA) is 66.5 Å². The van der Waals surface area contributed by atoms with Gasteiger partial charge in [-0.1, -0.05) is 29.3 Å². The molecule has 0 saturated carbocycles. The van der Waals surface area contributed by atoms with Gasteiger partial charge < -0.3 is 5.32 Å². The molecule has 0 unspecified atom stereocenters. The van der Waals surface area contributed by atoms with E-state index in [4.69, 9.17) is 23.2 Å². The van der Waals surface area contributed by atoms with Gasteiger partial charge in [-0.15, -0.1) is 0 Å². The highest BCUT2D eigenvalue weighted by Gasteiger charge is 2.28. The molecule has 0 atom stereocenters. The molecule has 1 fully saturated rings. The van der Waals surface area contributed by atoms with Gasteiger partial charge in [0.05, 0.1) is 32.7 Å². The lowest BCUT2D eigenvalue weighted by molar-refractivity contribution is 0.102. The molecule has 2 aromatic carbocycles. The Kier molecular flexibility index (Phi) is 4.90. The number of nitrogens with one attached hydrogen (secondary N) is 1. The van der Waals surface area contributed by atoms with Crippen molar-refractivity contribution in [1.29, 1.82) is 0 Å². The van der Waals surface area contributed by atoms with Crippen LogP contribution >= 0.6 is 23.2 Å². The highest BCUT2D eigenvalue weighted by atomic mass is 35.5. The van der Waals surface area contributed by atoms with Gasteiger partial charge in [-0.05, 0) is 36.8 Å². The predicted octanol–water partition coefficient (Wildman–Crippen LogP) is 3.92. The summed E-state index contributed by atoms with van der Waals surface area (Å²) >= 11 is 12.0. The summed E-state index contributed by atoms with van der Waals surface area (Å²) in [6.45, 7) is 0.384. The Morgan fingerprint density at radius 2 is 1.92 bits per heavy atom. The Bertz CT molecular complexity index is 930.